The number of hydrogen-bond donors (Lipinski definition) is 1. The van der Waals surface area contributed by atoms with Gasteiger partial charge in [0, 0.05) is 17.3 Å². The average Bonchev–Trinajstić information content (AvgIpc) is 2.95. The normalized spacial score (nSPS) is 14.3. The van der Waals surface area contributed by atoms with Gasteiger partial charge in [-0.3, -0.25) is 0 Å². The Morgan fingerprint density at radius 3 is 2.65 bits per heavy atom. The summed E-state index contributed by atoms with van der Waals surface area (Å²) in [5, 5.41) is 10.6. The van der Waals surface area contributed by atoms with Gasteiger partial charge in [-0.25, -0.2) is 4.79 Å². The summed E-state index contributed by atoms with van der Waals surface area (Å²) in [6.45, 7) is 7.76. The van der Waals surface area contributed by atoms with E-state index in [1.165, 1.54) is 5.57 Å². The smallest absolute Gasteiger partial charge is 0.342 e. The minimum absolute atomic E-state index is 0.0353. The third kappa shape index (κ3) is 4.70. The number of cyclic esters (lactones) is 1. The predicted molar refractivity (Wildman–Crippen MR) is 104 cm³/mol. The molecule has 0 amide bonds. The number of carbonyl (C=O) groups is 1. The van der Waals surface area contributed by atoms with Crippen molar-refractivity contribution in [2.24, 2.45) is 0 Å². The minimum Gasteiger partial charge on any atom is -0.507 e. The number of esters is 1. The maximum atomic E-state index is 11.9. The van der Waals surface area contributed by atoms with Gasteiger partial charge in [0.1, 0.15) is 23.7 Å². The molecule has 6 heteroatoms. The number of methoxy groups -OCH3 is 1. The molecular weight excluding hydrogens is 351 g/mol. The summed E-state index contributed by atoms with van der Waals surface area (Å²) in [4.78, 5) is 11.9. The third-order valence-electron chi connectivity index (χ3n) is 4.82. The first-order chi connectivity index (χ1) is 12.2. The van der Waals surface area contributed by atoms with Crippen molar-refractivity contribution in [3.63, 3.8) is 0 Å². The van der Waals surface area contributed by atoms with Crippen LogP contribution in [0.5, 0.6) is 11.5 Å². The topological polar surface area (TPSA) is 72.8 Å². The first-order valence-electron chi connectivity index (χ1n) is 8.93. The second-order valence-electron chi connectivity index (χ2n) is 7.42. The largest absolute Gasteiger partial charge is 0.507 e. The molecule has 1 aromatic rings. The highest BCUT2D eigenvalue weighted by Crippen LogP contribution is 2.42. The number of unbranched alkanes of at least 4 members (excludes halogenated alkanes) is 1. The Balaban J connectivity index is 2.14. The van der Waals surface area contributed by atoms with E-state index < -0.39 is 13.1 Å². The molecule has 1 aliphatic rings. The SMILES string of the molecule is COc1c(C)c2c(c(O)c1C/C=C(\C)CCCCP(C)(C)=O)C(=O)OC2. The number of benzene rings is 1. The number of ether oxygens (including phenoxy) is 2. The molecule has 1 aromatic carbocycles. The number of phenols is 1. The monoisotopic (exact) mass is 380 g/mol. The maximum Gasteiger partial charge on any atom is 0.342 e. The molecule has 0 aliphatic carbocycles. The molecule has 0 bridgehead atoms. The highest BCUT2D eigenvalue weighted by molar-refractivity contribution is 7.62. The van der Waals surface area contributed by atoms with Crippen LogP contribution in [0.15, 0.2) is 11.6 Å². The van der Waals surface area contributed by atoms with Gasteiger partial charge >= 0.3 is 5.97 Å². The summed E-state index contributed by atoms with van der Waals surface area (Å²) in [7, 11) is -0.369. The van der Waals surface area contributed by atoms with Gasteiger partial charge in [0.15, 0.2) is 0 Å². The zero-order valence-electron chi connectivity index (χ0n) is 16.3. The molecule has 2 rings (SSSR count). The van der Waals surface area contributed by atoms with Crippen LogP contribution in [-0.4, -0.2) is 37.7 Å². The van der Waals surface area contributed by atoms with E-state index in [4.69, 9.17) is 9.47 Å². The van der Waals surface area contributed by atoms with Gasteiger partial charge in [0.25, 0.3) is 0 Å². The number of allylic oxidation sites excluding steroid dienone is 2. The summed E-state index contributed by atoms with van der Waals surface area (Å²) in [5.41, 5.74) is 3.64. The summed E-state index contributed by atoms with van der Waals surface area (Å²) >= 11 is 0. The molecule has 0 unspecified atom stereocenters. The van der Waals surface area contributed by atoms with Crippen molar-refractivity contribution in [2.45, 2.75) is 46.1 Å². The first-order valence-corrected chi connectivity index (χ1v) is 11.7. The summed E-state index contributed by atoms with van der Waals surface area (Å²) < 4.78 is 22.3. The van der Waals surface area contributed by atoms with Gasteiger partial charge in [0.2, 0.25) is 0 Å². The van der Waals surface area contributed by atoms with Crippen LogP contribution in [0.1, 0.15) is 53.2 Å². The zero-order valence-corrected chi connectivity index (χ0v) is 17.2. The van der Waals surface area contributed by atoms with Crippen molar-refractivity contribution in [3.05, 3.63) is 33.9 Å². The van der Waals surface area contributed by atoms with Crippen LogP contribution >= 0.6 is 7.14 Å². The molecule has 26 heavy (non-hydrogen) atoms. The lowest BCUT2D eigenvalue weighted by Crippen LogP contribution is -2.03. The molecule has 144 valence electrons. The van der Waals surface area contributed by atoms with Gasteiger partial charge in [0.05, 0.1) is 14.3 Å². The zero-order chi connectivity index (χ0) is 19.5. The fraction of sp³-hybridized carbons (Fsp3) is 0.550. The fourth-order valence-electron chi connectivity index (χ4n) is 3.30. The summed E-state index contributed by atoms with van der Waals surface area (Å²) in [6, 6.07) is 0. The van der Waals surface area contributed by atoms with Gasteiger partial charge in [-0.05, 0) is 58.4 Å². The lowest BCUT2D eigenvalue weighted by atomic mass is 9.94. The number of rotatable bonds is 8. The molecule has 5 nitrogen and oxygen atoms in total. The molecule has 0 saturated heterocycles. The lowest BCUT2D eigenvalue weighted by Gasteiger charge is -2.15. The molecule has 1 N–H and O–H groups in total. The van der Waals surface area contributed by atoms with Crippen molar-refractivity contribution in [1.82, 2.24) is 0 Å². The van der Waals surface area contributed by atoms with Crippen molar-refractivity contribution < 1.29 is 23.9 Å². The Kier molecular flexibility index (Phi) is 6.57. The van der Waals surface area contributed by atoms with Crippen LogP contribution in [0.4, 0.5) is 0 Å². The van der Waals surface area contributed by atoms with E-state index in [0.717, 1.165) is 31.0 Å². The van der Waals surface area contributed by atoms with E-state index in [-0.39, 0.29) is 17.9 Å². The number of hydrogen-bond acceptors (Lipinski definition) is 5. The Hall–Kier alpha value is -1.74. The Bertz CT molecular complexity index is 773. The highest BCUT2D eigenvalue weighted by Gasteiger charge is 2.31. The van der Waals surface area contributed by atoms with Crippen LogP contribution < -0.4 is 4.74 Å². The second-order valence-corrected chi connectivity index (χ2v) is 11.0. The summed E-state index contributed by atoms with van der Waals surface area (Å²) in [6.07, 6.45) is 6.19. The standard InChI is InChI=1S/C20H29O5P/c1-13(8-6-7-11-26(4,5)23)9-10-15-18(21)17-16(12-25-20(17)22)14(2)19(15)24-3/h9,21H,6-8,10-12H2,1-5H3/b13-9+. The van der Waals surface area contributed by atoms with E-state index in [9.17, 15) is 14.5 Å². The molecule has 0 spiro atoms. The van der Waals surface area contributed by atoms with Gasteiger partial charge < -0.3 is 19.1 Å². The van der Waals surface area contributed by atoms with E-state index in [0.29, 0.717) is 23.3 Å². The van der Waals surface area contributed by atoms with Gasteiger partial charge in [-0.1, -0.05) is 11.6 Å². The summed E-state index contributed by atoms with van der Waals surface area (Å²) in [5.74, 6) is 0.0992. The second kappa shape index (κ2) is 8.30. The molecule has 0 aromatic heterocycles. The van der Waals surface area contributed by atoms with E-state index in [1.54, 1.807) is 7.11 Å². The highest BCUT2D eigenvalue weighted by atomic mass is 31.2. The average molecular weight is 380 g/mol. The third-order valence-corrected chi connectivity index (χ3v) is 6.21. The Labute approximate surface area is 155 Å². The number of phenolic OH excluding ortho intramolecular Hbond substituents is 1. The van der Waals surface area contributed by atoms with Gasteiger partial charge in [-0.2, -0.15) is 0 Å². The van der Waals surface area contributed by atoms with Crippen molar-refractivity contribution in [1.29, 1.82) is 0 Å². The quantitative estimate of drug-likeness (QED) is 0.307. The fourth-order valence-corrected chi connectivity index (χ4v) is 4.29. The molecule has 0 atom stereocenters. The number of fused-ring (bicyclic) bond motifs is 1. The minimum atomic E-state index is -1.94. The van der Waals surface area contributed by atoms with Crippen LogP contribution in [0.3, 0.4) is 0 Å². The van der Waals surface area contributed by atoms with E-state index in [2.05, 4.69) is 13.0 Å². The molecule has 0 saturated carbocycles. The molecule has 0 radical (unpaired) electrons. The number of carbonyl (C=O) groups excluding carboxylic acids is 1. The van der Waals surface area contributed by atoms with Crippen LogP contribution in [-0.2, 0) is 22.3 Å². The van der Waals surface area contributed by atoms with E-state index >= 15 is 0 Å². The molecule has 1 heterocycles. The Morgan fingerprint density at radius 2 is 2.04 bits per heavy atom. The molecule has 0 fully saturated rings. The Morgan fingerprint density at radius 1 is 1.35 bits per heavy atom. The van der Waals surface area contributed by atoms with Crippen LogP contribution in [0.25, 0.3) is 0 Å². The van der Waals surface area contributed by atoms with Crippen molar-refractivity contribution in [2.75, 3.05) is 26.6 Å². The maximum absolute atomic E-state index is 11.9. The molecule has 1 aliphatic heterocycles. The van der Waals surface area contributed by atoms with Crippen molar-refractivity contribution >= 4 is 13.1 Å². The van der Waals surface area contributed by atoms with Crippen LogP contribution in [0, 0.1) is 6.92 Å². The molecular formula is C20H29O5P. The van der Waals surface area contributed by atoms with Crippen molar-refractivity contribution in [3.8, 4) is 11.5 Å². The van der Waals surface area contributed by atoms with Crippen LogP contribution in [0.2, 0.25) is 0 Å². The van der Waals surface area contributed by atoms with Gasteiger partial charge in [-0.15, -0.1) is 0 Å². The predicted octanol–water partition coefficient (Wildman–Crippen LogP) is 4.66. The number of aromatic hydroxyl groups is 1. The lowest BCUT2D eigenvalue weighted by molar-refractivity contribution is 0.0533. The van der Waals surface area contributed by atoms with E-state index in [1.807, 2.05) is 20.3 Å². The first kappa shape index (κ1) is 20.6.